The molecule has 2 atom stereocenters. The number of ether oxygens (including phenoxy) is 1. The zero-order chi connectivity index (χ0) is 23.6. The van der Waals surface area contributed by atoms with Crippen LogP contribution in [0.5, 0.6) is 0 Å². The van der Waals surface area contributed by atoms with Gasteiger partial charge in [-0.1, -0.05) is 60.7 Å². The van der Waals surface area contributed by atoms with Gasteiger partial charge < -0.3 is 20.5 Å². The summed E-state index contributed by atoms with van der Waals surface area (Å²) >= 11 is 0. The fourth-order valence-corrected chi connectivity index (χ4v) is 4.46. The van der Waals surface area contributed by atoms with Gasteiger partial charge in [0.15, 0.2) is 0 Å². The van der Waals surface area contributed by atoms with E-state index in [2.05, 4.69) is 34.9 Å². The van der Waals surface area contributed by atoms with Gasteiger partial charge in [-0.25, -0.2) is 9.59 Å². The average Bonchev–Trinajstić information content (AvgIpc) is 3.11. The second kappa shape index (κ2) is 9.10. The van der Waals surface area contributed by atoms with Crippen molar-refractivity contribution in [1.82, 2.24) is 10.6 Å². The number of allylic oxidation sites excluding steroid dienone is 1. The van der Waals surface area contributed by atoms with Crippen molar-refractivity contribution in [2.24, 2.45) is 5.92 Å². The van der Waals surface area contributed by atoms with Gasteiger partial charge in [0.25, 0.3) is 0 Å². The SMILES string of the molecule is CC(C)(NC(=O)[C@@H]1CC=C[C@@H](NC(=O)OCC2c3ccccc3-c3ccccc32)C1)C(=O)O. The lowest BCUT2D eigenvalue weighted by Gasteiger charge is -2.28. The van der Waals surface area contributed by atoms with E-state index in [1.165, 1.54) is 13.8 Å². The first kappa shape index (κ1) is 22.6. The molecule has 172 valence electrons. The molecule has 0 fully saturated rings. The Morgan fingerprint density at radius 2 is 1.64 bits per heavy atom. The predicted molar refractivity (Wildman–Crippen MR) is 124 cm³/mol. The third kappa shape index (κ3) is 4.77. The molecule has 0 radical (unpaired) electrons. The first-order valence-electron chi connectivity index (χ1n) is 11.1. The number of hydrogen-bond donors (Lipinski definition) is 3. The molecule has 0 unspecified atom stereocenters. The first-order chi connectivity index (χ1) is 15.8. The molecule has 0 saturated carbocycles. The van der Waals surface area contributed by atoms with Gasteiger partial charge in [-0.2, -0.15) is 0 Å². The Hall–Kier alpha value is -3.61. The third-order valence-corrected chi connectivity index (χ3v) is 6.32. The lowest BCUT2D eigenvalue weighted by Crippen LogP contribution is -2.52. The third-order valence-electron chi connectivity index (χ3n) is 6.32. The highest BCUT2D eigenvalue weighted by molar-refractivity contribution is 5.87. The van der Waals surface area contributed by atoms with Crippen LogP contribution in [0.15, 0.2) is 60.7 Å². The van der Waals surface area contributed by atoms with Crippen LogP contribution < -0.4 is 10.6 Å². The number of carbonyl (C=O) groups excluding carboxylic acids is 2. The normalized spacial score (nSPS) is 19.3. The number of aliphatic carboxylic acids is 1. The van der Waals surface area contributed by atoms with Gasteiger partial charge in [0.1, 0.15) is 12.1 Å². The highest BCUT2D eigenvalue weighted by Gasteiger charge is 2.34. The van der Waals surface area contributed by atoms with Crippen LogP contribution >= 0.6 is 0 Å². The minimum absolute atomic E-state index is 0.0261. The van der Waals surface area contributed by atoms with E-state index in [1.54, 1.807) is 0 Å². The molecule has 0 saturated heterocycles. The molecule has 0 bridgehead atoms. The molecule has 33 heavy (non-hydrogen) atoms. The molecule has 2 aromatic carbocycles. The minimum atomic E-state index is -1.35. The van der Waals surface area contributed by atoms with E-state index < -0.39 is 23.5 Å². The quantitative estimate of drug-likeness (QED) is 0.583. The number of rotatable bonds is 6. The summed E-state index contributed by atoms with van der Waals surface area (Å²) in [6, 6.07) is 15.9. The minimum Gasteiger partial charge on any atom is -0.480 e. The Morgan fingerprint density at radius 1 is 1.03 bits per heavy atom. The van der Waals surface area contributed by atoms with Crippen LogP contribution in [0, 0.1) is 5.92 Å². The van der Waals surface area contributed by atoms with Gasteiger partial charge in [0.05, 0.1) is 6.04 Å². The molecule has 4 rings (SSSR count). The van der Waals surface area contributed by atoms with Crippen molar-refractivity contribution < 1.29 is 24.2 Å². The summed E-state index contributed by atoms with van der Waals surface area (Å²) in [5.74, 6) is -1.89. The van der Waals surface area contributed by atoms with Gasteiger partial charge >= 0.3 is 12.1 Å². The lowest BCUT2D eigenvalue weighted by atomic mass is 9.89. The number of benzene rings is 2. The Labute approximate surface area is 192 Å². The van der Waals surface area contributed by atoms with Crippen molar-refractivity contribution in [2.75, 3.05) is 6.61 Å². The predicted octanol–water partition coefficient (Wildman–Crippen LogP) is 3.84. The zero-order valence-electron chi connectivity index (χ0n) is 18.7. The zero-order valence-corrected chi connectivity index (χ0v) is 18.7. The number of amides is 2. The summed E-state index contributed by atoms with van der Waals surface area (Å²) in [7, 11) is 0. The highest BCUT2D eigenvalue weighted by atomic mass is 16.5. The fourth-order valence-electron chi connectivity index (χ4n) is 4.46. The molecule has 2 aromatic rings. The second-order valence-corrected chi connectivity index (χ2v) is 9.09. The first-order valence-corrected chi connectivity index (χ1v) is 11.1. The molecule has 0 aliphatic heterocycles. The summed E-state index contributed by atoms with van der Waals surface area (Å²) in [5.41, 5.74) is 3.25. The molecular formula is C26H28N2O5. The number of carbonyl (C=O) groups is 3. The molecule has 0 heterocycles. The van der Waals surface area contributed by atoms with Crippen molar-refractivity contribution in [1.29, 1.82) is 0 Å². The summed E-state index contributed by atoms with van der Waals surface area (Å²) in [5, 5.41) is 14.6. The van der Waals surface area contributed by atoms with E-state index in [-0.39, 0.29) is 24.5 Å². The molecule has 3 N–H and O–H groups in total. The Balaban J connectivity index is 1.34. The van der Waals surface area contributed by atoms with Gasteiger partial charge in [0, 0.05) is 11.8 Å². The largest absolute Gasteiger partial charge is 0.480 e. The fraction of sp³-hybridized carbons (Fsp3) is 0.346. The number of nitrogens with one attached hydrogen (secondary N) is 2. The maximum Gasteiger partial charge on any atom is 0.407 e. The van der Waals surface area contributed by atoms with E-state index in [0.29, 0.717) is 12.8 Å². The van der Waals surface area contributed by atoms with Gasteiger partial charge in [0.2, 0.25) is 5.91 Å². The Bertz CT molecular complexity index is 1060. The molecule has 2 aliphatic rings. The Kier molecular flexibility index (Phi) is 6.22. The summed E-state index contributed by atoms with van der Waals surface area (Å²) in [6.45, 7) is 3.10. The standard InChI is InChI=1S/C26H28N2O5/c1-26(2,24(30)31)28-23(29)16-8-7-9-17(14-16)27-25(32)33-15-22-20-12-5-3-10-18(20)19-11-4-6-13-21(19)22/h3-7,9-13,16-17,22H,8,14-15H2,1-2H3,(H,27,32)(H,28,29)(H,30,31)/t16-,17-/m1/s1. The van der Waals surface area contributed by atoms with Crippen molar-refractivity contribution in [3.8, 4) is 11.1 Å². The monoisotopic (exact) mass is 448 g/mol. The van der Waals surface area contributed by atoms with E-state index in [0.717, 1.165) is 22.3 Å². The second-order valence-electron chi connectivity index (χ2n) is 9.09. The molecule has 2 amide bonds. The van der Waals surface area contributed by atoms with E-state index in [9.17, 15) is 19.5 Å². The van der Waals surface area contributed by atoms with Crippen LogP contribution in [-0.2, 0) is 14.3 Å². The van der Waals surface area contributed by atoms with Crippen LogP contribution in [-0.4, -0.2) is 41.3 Å². The van der Waals surface area contributed by atoms with Crippen LogP contribution in [0.1, 0.15) is 43.7 Å². The van der Waals surface area contributed by atoms with E-state index in [1.807, 2.05) is 36.4 Å². The Morgan fingerprint density at radius 3 is 2.24 bits per heavy atom. The average molecular weight is 449 g/mol. The number of carboxylic acid groups (broad SMARTS) is 1. The summed E-state index contributed by atoms with van der Waals surface area (Å²) in [4.78, 5) is 36.4. The van der Waals surface area contributed by atoms with Crippen LogP contribution in [0.4, 0.5) is 4.79 Å². The van der Waals surface area contributed by atoms with E-state index >= 15 is 0 Å². The molecular weight excluding hydrogens is 420 g/mol. The van der Waals surface area contributed by atoms with Crippen molar-refractivity contribution in [3.63, 3.8) is 0 Å². The van der Waals surface area contributed by atoms with Crippen molar-refractivity contribution in [2.45, 2.75) is 44.2 Å². The van der Waals surface area contributed by atoms with Crippen LogP contribution in [0.3, 0.4) is 0 Å². The van der Waals surface area contributed by atoms with Gasteiger partial charge in [-0.05, 0) is 48.9 Å². The summed E-state index contributed by atoms with van der Waals surface area (Å²) < 4.78 is 5.59. The topological polar surface area (TPSA) is 105 Å². The molecule has 2 aliphatic carbocycles. The summed E-state index contributed by atoms with van der Waals surface area (Å²) in [6.07, 6.45) is 3.99. The lowest BCUT2D eigenvalue weighted by molar-refractivity contribution is -0.146. The molecule has 0 spiro atoms. The highest BCUT2D eigenvalue weighted by Crippen LogP contribution is 2.44. The van der Waals surface area contributed by atoms with E-state index in [4.69, 9.17) is 4.74 Å². The van der Waals surface area contributed by atoms with Gasteiger partial charge in [-0.3, -0.25) is 4.79 Å². The van der Waals surface area contributed by atoms with Crippen molar-refractivity contribution >= 4 is 18.0 Å². The number of alkyl carbamates (subject to hydrolysis) is 1. The van der Waals surface area contributed by atoms with Gasteiger partial charge in [-0.15, -0.1) is 0 Å². The van der Waals surface area contributed by atoms with Crippen molar-refractivity contribution in [3.05, 3.63) is 71.8 Å². The maximum absolute atomic E-state index is 12.5. The number of fused-ring (bicyclic) bond motifs is 3. The smallest absolute Gasteiger partial charge is 0.407 e. The molecule has 7 nitrogen and oxygen atoms in total. The van der Waals surface area contributed by atoms with Crippen LogP contribution in [0.25, 0.3) is 11.1 Å². The van der Waals surface area contributed by atoms with Crippen LogP contribution in [0.2, 0.25) is 0 Å². The number of carboxylic acids is 1. The molecule has 0 aromatic heterocycles. The number of hydrogen-bond acceptors (Lipinski definition) is 4. The molecule has 7 heteroatoms. The maximum atomic E-state index is 12.5.